The van der Waals surface area contributed by atoms with Gasteiger partial charge in [-0.05, 0) is 19.4 Å². The van der Waals surface area contributed by atoms with Gasteiger partial charge in [-0.3, -0.25) is 14.3 Å². The number of benzene rings is 1. The molecular weight excluding hydrogens is 268 g/mol. The van der Waals surface area contributed by atoms with Crippen molar-refractivity contribution < 1.29 is 0 Å². The fraction of sp³-hybridized carbons (Fsp3) is 0.267. The van der Waals surface area contributed by atoms with Crippen molar-refractivity contribution in [3.63, 3.8) is 0 Å². The third-order valence-electron chi connectivity index (χ3n) is 3.41. The highest BCUT2D eigenvalue weighted by Crippen LogP contribution is 2.12. The lowest BCUT2D eigenvalue weighted by Crippen LogP contribution is -2.32. The van der Waals surface area contributed by atoms with E-state index in [1.54, 1.807) is 10.9 Å². The predicted molar refractivity (Wildman–Crippen MR) is 80.5 cm³/mol. The third kappa shape index (κ3) is 2.29. The molecule has 6 heteroatoms. The summed E-state index contributed by atoms with van der Waals surface area (Å²) in [5.41, 5.74) is 1.09. The van der Waals surface area contributed by atoms with Crippen LogP contribution in [0.1, 0.15) is 25.5 Å². The second-order valence-electron chi connectivity index (χ2n) is 5.25. The van der Waals surface area contributed by atoms with Gasteiger partial charge < -0.3 is 4.57 Å². The smallest absolute Gasteiger partial charge is 0.320 e. The van der Waals surface area contributed by atoms with Crippen LogP contribution in [0.2, 0.25) is 0 Å². The van der Waals surface area contributed by atoms with Crippen molar-refractivity contribution in [2.45, 2.75) is 26.4 Å². The summed E-state index contributed by atoms with van der Waals surface area (Å²) in [5.74, 6) is 0. The molecule has 0 unspecified atom stereocenters. The lowest BCUT2D eigenvalue weighted by atomic mass is 10.2. The Kier molecular flexibility index (Phi) is 3.21. The topological polar surface area (TPSA) is 72.7 Å². The first kappa shape index (κ1) is 13.4. The molecule has 3 aromatic rings. The molecule has 0 saturated carbocycles. The Morgan fingerprint density at radius 2 is 1.90 bits per heavy atom. The molecule has 0 aliphatic carbocycles. The minimum absolute atomic E-state index is 0.0723. The number of rotatable bonds is 3. The summed E-state index contributed by atoms with van der Waals surface area (Å²) in [6.45, 7) is 4.31. The monoisotopic (exact) mass is 284 g/mol. The first-order valence-corrected chi connectivity index (χ1v) is 6.81. The molecule has 0 fully saturated rings. The zero-order valence-electron chi connectivity index (χ0n) is 11.9. The van der Waals surface area contributed by atoms with Gasteiger partial charge in [0.1, 0.15) is 0 Å². The molecule has 108 valence electrons. The van der Waals surface area contributed by atoms with Crippen LogP contribution in [-0.4, -0.2) is 19.1 Å². The van der Waals surface area contributed by atoms with Crippen LogP contribution in [0.3, 0.4) is 0 Å². The van der Waals surface area contributed by atoms with Crippen LogP contribution < -0.4 is 11.2 Å². The number of fused-ring (bicyclic) bond motifs is 1. The second kappa shape index (κ2) is 5.05. The molecule has 3 rings (SSSR count). The predicted octanol–water partition coefficient (Wildman–Crippen LogP) is 1.52. The minimum Gasteiger partial charge on any atom is -0.320 e. The minimum atomic E-state index is -0.424. The molecule has 0 aliphatic heterocycles. The van der Waals surface area contributed by atoms with E-state index in [2.05, 4.69) is 9.97 Å². The number of imidazole rings is 1. The Bertz CT molecular complexity index is 887. The molecule has 1 N–H and O–H groups in total. The largest absolute Gasteiger partial charge is 0.330 e. The number of aromatic nitrogens is 4. The zero-order valence-corrected chi connectivity index (χ0v) is 11.9. The lowest BCUT2D eigenvalue weighted by Gasteiger charge is -2.10. The number of nitrogens with one attached hydrogen (secondary N) is 1. The van der Waals surface area contributed by atoms with Crippen molar-refractivity contribution in [2.75, 3.05) is 0 Å². The van der Waals surface area contributed by atoms with Crippen LogP contribution in [0.5, 0.6) is 0 Å². The molecule has 0 amide bonds. The second-order valence-corrected chi connectivity index (χ2v) is 5.25. The molecule has 0 aliphatic rings. The van der Waals surface area contributed by atoms with Crippen LogP contribution in [0.4, 0.5) is 0 Å². The van der Waals surface area contributed by atoms with E-state index >= 15 is 0 Å². The summed E-state index contributed by atoms with van der Waals surface area (Å²) in [6, 6.07) is 9.73. The normalized spacial score (nSPS) is 11.4. The van der Waals surface area contributed by atoms with Crippen LogP contribution in [0, 0.1) is 0 Å². The van der Waals surface area contributed by atoms with Gasteiger partial charge in [-0.25, -0.2) is 9.78 Å². The Hall–Kier alpha value is -2.63. The van der Waals surface area contributed by atoms with Crippen LogP contribution in [0.25, 0.3) is 11.2 Å². The van der Waals surface area contributed by atoms with Gasteiger partial charge in [0.2, 0.25) is 0 Å². The van der Waals surface area contributed by atoms with Gasteiger partial charge in [-0.15, -0.1) is 0 Å². The third-order valence-corrected chi connectivity index (χ3v) is 3.41. The van der Waals surface area contributed by atoms with Crippen LogP contribution >= 0.6 is 0 Å². The van der Waals surface area contributed by atoms with Crippen molar-refractivity contribution in [1.29, 1.82) is 0 Å². The summed E-state index contributed by atoms with van der Waals surface area (Å²) >= 11 is 0. The van der Waals surface area contributed by atoms with Gasteiger partial charge in [-0.1, -0.05) is 30.3 Å². The first-order chi connectivity index (χ1) is 10.1. The maximum absolute atomic E-state index is 12.1. The first-order valence-electron chi connectivity index (χ1n) is 6.81. The molecule has 2 heterocycles. The summed E-state index contributed by atoms with van der Waals surface area (Å²) in [7, 11) is 0. The zero-order chi connectivity index (χ0) is 15.0. The van der Waals surface area contributed by atoms with E-state index in [0.717, 1.165) is 5.56 Å². The van der Waals surface area contributed by atoms with E-state index in [0.29, 0.717) is 17.7 Å². The summed E-state index contributed by atoms with van der Waals surface area (Å²) in [5, 5.41) is 0. The van der Waals surface area contributed by atoms with Crippen molar-refractivity contribution in [3.05, 3.63) is 63.1 Å². The molecule has 0 bridgehead atoms. The Morgan fingerprint density at radius 3 is 2.57 bits per heavy atom. The Labute approximate surface area is 120 Å². The number of H-pyrrole nitrogens is 1. The standard InChI is InChI=1S/C15H16N4O2/c1-10(2)19-13-12(14(20)17-15(19)21)18(9-16-13)8-11-6-4-3-5-7-11/h3-7,9-10H,8H2,1-2H3,(H,17,20,21). The van der Waals surface area contributed by atoms with Gasteiger partial charge in [0.25, 0.3) is 5.56 Å². The molecule has 0 saturated heterocycles. The lowest BCUT2D eigenvalue weighted by molar-refractivity contribution is 0.580. The number of aromatic amines is 1. The number of hydrogen-bond acceptors (Lipinski definition) is 3. The maximum atomic E-state index is 12.1. The fourth-order valence-electron chi connectivity index (χ4n) is 2.47. The molecule has 6 nitrogen and oxygen atoms in total. The molecule has 0 spiro atoms. The van der Waals surface area contributed by atoms with E-state index in [4.69, 9.17) is 0 Å². The Balaban J connectivity index is 2.21. The van der Waals surface area contributed by atoms with Gasteiger partial charge in [-0.2, -0.15) is 0 Å². The van der Waals surface area contributed by atoms with Crippen molar-refractivity contribution in [2.24, 2.45) is 0 Å². The molecular formula is C15H16N4O2. The SMILES string of the molecule is CC(C)n1c(=O)[nH]c(=O)c2c1ncn2Cc1ccccc1. The van der Waals surface area contributed by atoms with E-state index in [-0.39, 0.29) is 6.04 Å². The molecule has 2 aromatic heterocycles. The maximum Gasteiger partial charge on any atom is 0.330 e. The van der Waals surface area contributed by atoms with Crippen LogP contribution in [-0.2, 0) is 6.54 Å². The van der Waals surface area contributed by atoms with E-state index in [9.17, 15) is 9.59 Å². The molecule has 0 atom stereocenters. The Morgan fingerprint density at radius 1 is 1.19 bits per heavy atom. The molecule has 0 radical (unpaired) electrons. The number of nitrogens with zero attached hydrogens (tertiary/aromatic N) is 3. The van der Waals surface area contributed by atoms with Gasteiger partial charge in [0.15, 0.2) is 11.2 Å². The molecule has 21 heavy (non-hydrogen) atoms. The van der Waals surface area contributed by atoms with Gasteiger partial charge >= 0.3 is 5.69 Å². The quantitative estimate of drug-likeness (QED) is 0.792. The molecule has 1 aromatic carbocycles. The van der Waals surface area contributed by atoms with E-state index in [1.165, 1.54) is 4.57 Å². The highest BCUT2D eigenvalue weighted by atomic mass is 16.2. The number of hydrogen-bond donors (Lipinski definition) is 1. The van der Waals surface area contributed by atoms with Gasteiger partial charge in [0.05, 0.1) is 6.33 Å². The average Bonchev–Trinajstić information content (AvgIpc) is 2.83. The average molecular weight is 284 g/mol. The van der Waals surface area contributed by atoms with Crippen LogP contribution in [0.15, 0.2) is 46.2 Å². The summed E-state index contributed by atoms with van der Waals surface area (Å²) < 4.78 is 3.26. The van der Waals surface area contributed by atoms with E-state index < -0.39 is 11.2 Å². The van der Waals surface area contributed by atoms with Crippen molar-refractivity contribution in [3.8, 4) is 0 Å². The summed E-state index contributed by atoms with van der Waals surface area (Å²) in [6.07, 6.45) is 1.60. The fourth-order valence-corrected chi connectivity index (χ4v) is 2.47. The van der Waals surface area contributed by atoms with Gasteiger partial charge in [0, 0.05) is 12.6 Å². The highest BCUT2D eigenvalue weighted by Gasteiger charge is 2.15. The summed E-state index contributed by atoms with van der Waals surface area (Å²) in [4.78, 5) is 30.7. The highest BCUT2D eigenvalue weighted by molar-refractivity contribution is 5.70. The van der Waals surface area contributed by atoms with E-state index in [1.807, 2.05) is 44.2 Å². The van der Waals surface area contributed by atoms with Crippen molar-refractivity contribution in [1.82, 2.24) is 19.1 Å². The van der Waals surface area contributed by atoms with Crippen molar-refractivity contribution >= 4 is 11.2 Å².